The number of aliphatic hydroxyl groups excluding tert-OH is 2. The van der Waals surface area contributed by atoms with E-state index in [4.69, 9.17) is 10.5 Å². The van der Waals surface area contributed by atoms with Gasteiger partial charge in [0, 0.05) is 37.1 Å². The molecule has 1 aliphatic rings. The average molecular weight is 890 g/mol. The number of anilines is 1. The molecule has 2 aromatic rings. The normalized spacial score (nSPS) is 22.1. The van der Waals surface area contributed by atoms with E-state index in [0.717, 1.165) is 29.0 Å². The number of nitrogens with zero attached hydrogens (tertiary/aromatic N) is 4. The van der Waals surface area contributed by atoms with Crippen molar-refractivity contribution in [3.05, 3.63) is 12.7 Å². The van der Waals surface area contributed by atoms with Crippen LogP contribution < -0.4 is 120 Å². The molecule has 0 aromatic carbocycles. The predicted molar refractivity (Wildman–Crippen MR) is 171 cm³/mol. The van der Waals surface area contributed by atoms with E-state index in [1.807, 2.05) is 0 Å². The molecule has 1 saturated heterocycles. The summed E-state index contributed by atoms with van der Waals surface area (Å²) in [6.45, 7) is 1.89. The van der Waals surface area contributed by atoms with E-state index in [9.17, 15) is 57.9 Å². The first-order valence-corrected chi connectivity index (χ1v) is 20.5. The number of nitrogens with one attached hydrogen (secondary N) is 2. The molecule has 0 aliphatic carbocycles. The number of nitrogen functional groups attached to an aromatic ring is 1. The summed E-state index contributed by atoms with van der Waals surface area (Å²) in [5.74, 6) is -1.16. The number of nitrogens with two attached hydrogens (primary N) is 1. The maximum atomic E-state index is 12.5. The van der Waals surface area contributed by atoms with Crippen molar-refractivity contribution in [3.8, 4) is 0 Å². The summed E-state index contributed by atoms with van der Waals surface area (Å²) in [5.41, 5.74) is 4.11. The van der Waals surface area contributed by atoms with Crippen molar-refractivity contribution in [2.75, 3.05) is 37.8 Å². The van der Waals surface area contributed by atoms with Gasteiger partial charge in [0.05, 0.1) is 19.5 Å². The van der Waals surface area contributed by atoms with Crippen molar-refractivity contribution in [1.29, 1.82) is 0 Å². The Hall–Kier alpha value is 0.560. The third-order valence-corrected chi connectivity index (χ3v) is 11.1. The Morgan fingerprint density at radius 3 is 2.33 bits per heavy atom. The molecule has 0 bridgehead atoms. The maximum absolute atomic E-state index is 12.5. The third kappa shape index (κ3) is 17.6. The van der Waals surface area contributed by atoms with Gasteiger partial charge in [0.2, 0.25) is 11.8 Å². The minimum absolute atomic E-state index is 0. The predicted octanol–water partition coefficient (Wildman–Crippen LogP) is -11.8. The van der Waals surface area contributed by atoms with Crippen LogP contribution in [-0.2, 0) is 50.7 Å². The molecule has 31 heteroatoms. The first kappa shape index (κ1) is 55.6. The summed E-state index contributed by atoms with van der Waals surface area (Å²) >= 11 is 1.06. The number of amides is 2. The molecule has 1 aliphatic heterocycles. The second kappa shape index (κ2) is 24.1. The van der Waals surface area contributed by atoms with Gasteiger partial charge in [-0.2, -0.15) is 0 Å². The fourth-order valence-corrected chi connectivity index (χ4v) is 7.76. The van der Waals surface area contributed by atoms with Gasteiger partial charge in [-0.25, -0.2) is 19.3 Å². The van der Waals surface area contributed by atoms with Crippen LogP contribution in [0.25, 0.3) is 11.2 Å². The number of hydrogen-bond acceptors (Lipinski definition) is 21. The van der Waals surface area contributed by atoms with Crippen LogP contribution in [-0.4, -0.2) is 108 Å². The molecule has 0 radical (unpaired) electrons. The monoisotopic (exact) mass is 889 g/mol. The molecule has 7 N–H and O–H groups in total. The Morgan fingerprint density at radius 2 is 1.71 bits per heavy atom. The molecule has 8 atom stereocenters. The number of phosphoric acid groups is 3. The van der Waals surface area contributed by atoms with Crippen molar-refractivity contribution in [2.24, 2.45) is 5.41 Å². The Morgan fingerprint density at radius 1 is 1.07 bits per heavy atom. The topological polar surface area (TPSA) is 372 Å². The summed E-state index contributed by atoms with van der Waals surface area (Å²) < 4.78 is 60.6. The SMILES string of the molecule is CCC(=O)SCCNC(=O)CCNC(=O)[C@H](O)C(C)(C)COP(=O)([O-])OP(=O)([O-])OC[C@H]1O[C@@H](n2cnc3c(N)ncnc32)C(O)[C@H]1OP(=O)([O-])O.[Na+].[Na+].[Na+]. The van der Waals surface area contributed by atoms with Crippen LogP contribution >= 0.6 is 35.2 Å². The van der Waals surface area contributed by atoms with Gasteiger partial charge in [0.15, 0.2) is 22.8 Å². The number of rotatable bonds is 20. The van der Waals surface area contributed by atoms with Gasteiger partial charge in [-0.1, -0.05) is 32.5 Å². The number of carbonyl (C=O) groups excluding carboxylic acids is 3. The number of aliphatic hydroxyl groups is 2. The first-order valence-electron chi connectivity index (χ1n) is 15.0. The van der Waals surface area contributed by atoms with Crippen LogP contribution in [0, 0.1) is 5.41 Å². The zero-order valence-electron chi connectivity index (χ0n) is 30.7. The van der Waals surface area contributed by atoms with Gasteiger partial charge in [0.25, 0.3) is 23.5 Å². The zero-order chi connectivity index (χ0) is 39.1. The second-order valence-electron chi connectivity index (χ2n) is 11.6. The summed E-state index contributed by atoms with van der Waals surface area (Å²) in [4.78, 5) is 92.9. The van der Waals surface area contributed by atoms with Gasteiger partial charge in [-0.15, -0.1) is 0 Å². The Labute approximate surface area is 384 Å². The van der Waals surface area contributed by atoms with E-state index < -0.39 is 84.6 Å². The van der Waals surface area contributed by atoms with E-state index in [0.29, 0.717) is 12.2 Å². The van der Waals surface area contributed by atoms with Crippen molar-refractivity contribution < 1.29 is 169 Å². The Balaban J connectivity index is 0.00000972. The minimum Gasteiger partial charge on any atom is -0.756 e. The number of phosphoric ester groups is 3. The standard InChI is InChI=1S/C24H40N7O17P3S.3Na/c1-4-15(33)52-8-7-26-14(32)5-6-27-22(36)19(35)24(2,3)10-45-51(42,43)48-50(40,41)44-9-13-18(47-49(37,38)39)17(34)23(46-13)31-12-30-16-20(25)28-11-29-21(16)31;;;/h11-13,17-19,23,34-35H,4-10H2,1-3H3,(H,26,32)(H,27,36)(H,40,41)(H,42,43)(H2,25,28,29)(H2,37,38,39);;;/q;3*+1/p-3/t13-,17?,18+,19+,23-;;;/m1.../s1. The van der Waals surface area contributed by atoms with Crippen LogP contribution in [0.4, 0.5) is 5.82 Å². The van der Waals surface area contributed by atoms with Gasteiger partial charge >= 0.3 is 88.7 Å². The molecule has 2 amide bonds. The fraction of sp³-hybridized carbons (Fsp3) is 0.667. The minimum atomic E-state index is -5.89. The molecule has 3 rings (SSSR count). The van der Waals surface area contributed by atoms with Crippen LogP contribution in [0.1, 0.15) is 39.8 Å². The van der Waals surface area contributed by atoms with Gasteiger partial charge in [-0.3, -0.25) is 32.6 Å². The van der Waals surface area contributed by atoms with Crippen molar-refractivity contribution in [2.45, 2.75) is 64.3 Å². The van der Waals surface area contributed by atoms with E-state index in [-0.39, 0.29) is 130 Å². The van der Waals surface area contributed by atoms with E-state index in [2.05, 4.69) is 43.5 Å². The van der Waals surface area contributed by atoms with Crippen molar-refractivity contribution in [1.82, 2.24) is 30.2 Å². The van der Waals surface area contributed by atoms with E-state index in [1.54, 1.807) is 6.92 Å². The molecule has 2 aromatic heterocycles. The Kier molecular flexibility index (Phi) is 24.4. The van der Waals surface area contributed by atoms with Gasteiger partial charge < -0.3 is 64.5 Å². The van der Waals surface area contributed by atoms with Gasteiger partial charge in [0.1, 0.15) is 36.3 Å². The quantitative estimate of drug-likeness (QED) is 0.0408. The number of ether oxygens (including phenoxy) is 1. The van der Waals surface area contributed by atoms with Crippen LogP contribution in [0.3, 0.4) is 0 Å². The van der Waals surface area contributed by atoms with E-state index in [1.165, 1.54) is 13.8 Å². The smallest absolute Gasteiger partial charge is 0.756 e. The molecule has 24 nitrogen and oxygen atoms in total. The molecule has 55 heavy (non-hydrogen) atoms. The number of aromatic nitrogens is 4. The van der Waals surface area contributed by atoms with Crippen molar-refractivity contribution >= 4 is 69.1 Å². The second-order valence-corrected chi connectivity index (χ2v) is 16.8. The van der Waals surface area contributed by atoms with Crippen LogP contribution in [0.15, 0.2) is 12.7 Å². The largest absolute Gasteiger partial charge is 1.00 e. The molecule has 3 heterocycles. The van der Waals surface area contributed by atoms with Crippen molar-refractivity contribution in [3.63, 3.8) is 0 Å². The molecular formula is C24H37N7Na3O17P3S. The molecule has 4 unspecified atom stereocenters. The number of fused-ring (bicyclic) bond motifs is 1. The average Bonchev–Trinajstić information content (AvgIpc) is 3.60. The van der Waals surface area contributed by atoms with Crippen LogP contribution in [0.5, 0.6) is 0 Å². The first-order chi connectivity index (χ1) is 24.1. The summed E-state index contributed by atoms with van der Waals surface area (Å²) in [6, 6.07) is 0. The molecule has 1 fully saturated rings. The molecule has 0 saturated carbocycles. The zero-order valence-corrected chi connectivity index (χ0v) is 40.2. The summed E-state index contributed by atoms with van der Waals surface area (Å²) in [5, 5.41) is 26.1. The number of imidazole rings is 1. The van der Waals surface area contributed by atoms with Gasteiger partial charge in [-0.05, 0) is 0 Å². The molecule has 294 valence electrons. The van der Waals surface area contributed by atoms with Crippen LogP contribution in [0.2, 0.25) is 0 Å². The number of thioether (sulfide) groups is 1. The van der Waals surface area contributed by atoms with E-state index >= 15 is 0 Å². The third-order valence-electron chi connectivity index (χ3n) is 7.03. The summed E-state index contributed by atoms with van der Waals surface area (Å²) in [7, 11) is -17.3. The molecular weight excluding hydrogens is 852 g/mol. The fourth-order valence-electron chi connectivity index (χ4n) is 4.38. The maximum Gasteiger partial charge on any atom is 1.00 e. The number of carbonyl (C=O) groups is 3. The number of hydrogen-bond donors (Lipinski definition) is 6. The summed E-state index contributed by atoms with van der Waals surface area (Å²) in [6.07, 6.45) is -6.99. The Bertz CT molecular complexity index is 1740. The molecule has 0 spiro atoms.